The minimum absolute atomic E-state index is 0.106. The summed E-state index contributed by atoms with van der Waals surface area (Å²) in [5.41, 5.74) is 0.195. The number of carbonyl (C=O) groups is 2. The highest BCUT2D eigenvalue weighted by Crippen LogP contribution is 2.24. The van der Waals surface area contributed by atoms with Crippen molar-refractivity contribution in [3.8, 4) is 0 Å². The summed E-state index contributed by atoms with van der Waals surface area (Å²) < 4.78 is 25.8. The van der Waals surface area contributed by atoms with Gasteiger partial charge in [0.2, 0.25) is 0 Å². The van der Waals surface area contributed by atoms with Crippen molar-refractivity contribution >= 4 is 17.4 Å². The number of halogens is 2. The highest BCUT2D eigenvalue weighted by Gasteiger charge is 2.18. The van der Waals surface area contributed by atoms with E-state index in [9.17, 15) is 18.4 Å². The molecule has 0 aliphatic heterocycles. The van der Waals surface area contributed by atoms with Gasteiger partial charge in [-0.3, -0.25) is 9.59 Å². The Labute approximate surface area is 120 Å². The summed E-state index contributed by atoms with van der Waals surface area (Å²) >= 11 is 0. The molecule has 21 heavy (non-hydrogen) atoms. The number of benzene rings is 2. The van der Waals surface area contributed by atoms with Crippen LogP contribution in [-0.2, 0) is 0 Å². The summed E-state index contributed by atoms with van der Waals surface area (Å²) in [6.45, 7) is 1.37. The maximum Gasteiger partial charge on any atom is 0.264 e. The fourth-order valence-electron chi connectivity index (χ4n) is 1.98. The zero-order chi connectivity index (χ0) is 15.4. The fourth-order valence-corrected chi connectivity index (χ4v) is 1.98. The van der Waals surface area contributed by atoms with Crippen LogP contribution >= 0.6 is 0 Å². The Morgan fingerprint density at radius 3 is 2.14 bits per heavy atom. The Balaban J connectivity index is 2.33. The van der Waals surface area contributed by atoms with Crippen LogP contribution in [0.2, 0.25) is 0 Å². The summed E-state index contributed by atoms with van der Waals surface area (Å²) in [7, 11) is 0. The molecule has 0 atom stereocenters. The average molecular weight is 289 g/mol. The molecule has 0 saturated heterocycles. The number of alkyl halides is 2. The van der Waals surface area contributed by atoms with Crippen LogP contribution in [0.4, 0.5) is 14.5 Å². The third-order valence-corrected chi connectivity index (χ3v) is 3.00. The second-order valence-electron chi connectivity index (χ2n) is 4.44. The second kappa shape index (κ2) is 6.26. The second-order valence-corrected chi connectivity index (χ2v) is 4.44. The molecule has 0 aromatic heterocycles. The van der Waals surface area contributed by atoms with E-state index >= 15 is 0 Å². The molecule has 0 aliphatic rings. The summed E-state index contributed by atoms with van der Waals surface area (Å²) in [6.07, 6.45) is -2.74. The zero-order valence-electron chi connectivity index (χ0n) is 11.3. The number of ketones is 1. The Morgan fingerprint density at radius 1 is 0.952 bits per heavy atom. The maximum absolute atomic E-state index is 12.9. The molecular weight excluding hydrogens is 276 g/mol. The first kappa shape index (κ1) is 14.8. The first-order valence-electron chi connectivity index (χ1n) is 6.29. The molecule has 0 unspecified atom stereocenters. The lowest BCUT2D eigenvalue weighted by molar-refractivity contribution is 0.101. The fraction of sp³-hybridized carbons (Fsp3) is 0.125. The van der Waals surface area contributed by atoms with Crippen LogP contribution < -0.4 is 5.32 Å². The normalized spacial score (nSPS) is 10.5. The predicted molar refractivity (Wildman–Crippen MR) is 75.8 cm³/mol. The molecule has 0 heterocycles. The summed E-state index contributed by atoms with van der Waals surface area (Å²) in [4.78, 5) is 23.6. The van der Waals surface area contributed by atoms with E-state index < -0.39 is 12.3 Å². The van der Waals surface area contributed by atoms with Gasteiger partial charge >= 0.3 is 0 Å². The van der Waals surface area contributed by atoms with Gasteiger partial charge in [0.25, 0.3) is 12.3 Å². The molecule has 0 saturated carbocycles. The molecule has 1 amide bonds. The highest BCUT2D eigenvalue weighted by atomic mass is 19.3. The topological polar surface area (TPSA) is 46.2 Å². The summed E-state index contributed by atoms with van der Waals surface area (Å²) in [5.74, 6) is -0.882. The van der Waals surface area contributed by atoms with Gasteiger partial charge < -0.3 is 5.32 Å². The monoisotopic (exact) mass is 289 g/mol. The number of hydrogen-bond acceptors (Lipinski definition) is 2. The molecule has 0 fully saturated rings. The van der Waals surface area contributed by atoms with Crippen molar-refractivity contribution in [1.29, 1.82) is 0 Å². The number of nitrogens with one attached hydrogen (secondary N) is 1. The van der Waals surface area contributed by atoms with Gasteiger partial charge in [0, 0.05) is 16.7 Å². The number of Topliss-reactive ketones (excluding diaryl/α,β-unsaturated/α-hetero) is 1. The van der Waals surface area contributed by atoms with E-state index in [-0.39, 0.29) is 16.9 Å². The first-order valence-corrected chi connectivity index (χ1v) is 6.29. The van der Waals surface area contributed by atoms with Crippen LogP contribution in [0, 0.1) is 0 Å². The lowest BCUT2D eigenvalue weighted by Crippen LogP contribution is -2.16. The highest BCUT2D eigenvalue weighted by molar-refractivity contribution is 6.09. The van der Waals surface area contributed by atoms with Gasteiger partial charge in [-0.25, -0.2) is 8.78 Å². The average Bonchev–Trinajstić information content (AvgIpc) is 2.47. The number of amides is 1. The molecule has 3 nitrogen and oxygen atoms in total. The van der Waals surface area contributed by atoms with Gasteiger partial charge in [0.15, 0.2) is 5.78 Å². The van der Waals surface area contributed by atoms with E-state index in [1.165, 1.54) is 31.2 Å². The van der Waals surface area contributed by atoms with Gasteiger partial charge in [0.1, 0.15) is 0 Å². The smallest absolute Gasteiger partial charge is 0.264 e. The third-order valence-electron chi connectivity index (χ3n) is 3.00. The number of anilines is 1. The number of carbonyl (C=O) groups excluding carboxylic acids is 2. The molecular formula is C16H13F2NO2. The minimum atomic E-state index is -2.74. The largest absolute Gasteiger partial charge is 0.321 e. The molecule has 0 spiro atoms. The molecule has 0 aliphatic carbocycles. The molecule has 2 aromatic carbocycles. The van der Waals surface area contributed by atoms with Crippen LogP contribution in [0.5, 0.6) is 0 Å². The third kappa shape index (κ3) is 3.31. The Kier molecular flexibility index (Phi) is 4.42. The quantitative estimate of drug-likeness (QED) is 0.862. The standard InChI is InChI=1S/C16H13F2NO2/c1-10(20)11-6-4-5-9-14(11)19-16(21)13-8-3-2-7-12(13)15(17)18/h2-9,15H,1H3,(H,19,21). The van der Waals surface area contributed by atoms with Gasteiger partial charge in [-0.15, -0.1) is 0 Å². The number of para-hydroxylation sites is 1. The first-order chi connectivity index (χ1) is 10.0. The molecule has 0 bridgehead atoms. The predicted octanol–water partition coefficient (Wildman–Crippen LogP) is 4.08. The van der Waals surface area contributed by atoms with Crippen molar-refractivity contribution in [1.82, 2.24) is 0 Å². The lowest BCUT2D eigenvalue weighted by Gasteiger charge is -2.11. The van der Waals surface area contributed by atoms with Crippen LogP contribution in [0.15, 0.2) is 48.5 Å². The molecule has 5 heteroatoms. The number of hydrogen-bond donors (Lipinski definition) is 1. The number of rotatable bonds is 4. The van der Waals surface area contributed by atoms with E-state index in [1.54, 1.807) is 24.3 Å². The van der Waals surface area contributed by atoms with E-state index in [0.717, 1.165) is 0 Å². The van der Waals surface area contributed by atoms with Crippen LogP contribution in [-0.4, -0.2) is 11.7 Å². The van der Waals surface area contributed by atoms with Crippen molar-refractivity contribution in [3.63, 3.8) is 0 Å². The van der Waals surface area contributed by atoms with Crippen molar-refractivity contribution in [3.05, 3.63) is 65.2 Å². The van der Waals surface area contributed by atoms with Crippen molar-refractivity contribution < 1.29 is 18.4 Å². The van der Waals surface area contributed by atoms with Crippen LogP contribution in [0.3, 0.4) is 0 Å². The lowest BCUT2D eigenvalue weighted by atomic mass is 10.1. The van der Waals surface area contributed by atoms with Crippen LogP contribution in [0.25, 0.3) is 0 Å². The Morgan fingerprint density at radius 2 is 1.52 bits per heavy atom. The van der Waals surface area contributed by atoms with E-state index in [0.29, 0.717) is 11.3 Å². The minimum Gasteiger partial charge on any atom is -0.321 e. The maximum atomic E-state index is 12.9. The molecule has 0 radical (unpaired) electrons. The van der Waals surface area contributed by atoms with E-state index in [1.807, 2.05) is 0 Å². The molecule has 2 aromatic rings. The van der Waals surface area contributed by atoms with Crippen molar-refractivity contribution in [2.24, 2.45) is 0 Å². The van der Waals surface area contributed by atoms with E-state index in [4.69, 9.17) is 0 Å². The van der Waals surface area contributed by atoms with Gasteiger partial charge in [-0.05, 0) is 25.1 Å². The molecule has 1 N–H and O–H groups in total. The molecule has 108 valence electrons. The van der Waals surface area contributed by atoms with Gasteiger partial charge in [-0.2, -0.15) is 0 Å². The van der Waals surface area contributed by atoms with Gasteiger partial charge in [0.05, 0.1) is 5.69 Å². The zero-order valence-corrected chi connectivity index (χ0v) is 11.3. The Bertz CT molecular complexity index is 683. The van der Waals surface area contributed by atoms with E-state index in [2.05, 4.69) is 5.32 Å². The van der Waals surface area contributed by atoms with Gasteiger partial charge in [-0.1, -0.05) is 30.3 Å². The van der Waals surface area contributed by atoms with Crippen LogP contribution in [0.1, 0.15) is 39.6 Å². The van der Waals surface area contributed by atoms with Crippen molar-refractivity contribution in [2.75, 3.05) is 5.32 Å². The Hall–Kier alpha value is -2.56. The summed E-state index contributed by atoms with van der Waals surface area (Å²) in [5, 5.41) is 2.51. The molecule has 2 rings (SSSR count). The SMILES string of the molecule is CC(=O)c1ccccc1NC(=O)c1ccccc1C(F)F. The van der Waals surface area contributed by atoms with Crippen molar-refractivity contribution in [2.45, 2.75) is 13.3 Å². The summed E-state index contributed by atoms with van der Waals surface area (Å²) in [6, 6.07) is 11.9.